The van der Waals surface area contributed by atoms with Crippen LogP contribution in [0.1, 0.15) is 0 Å². The zero-order valence-electron chi connectivity index (χ0n) is 16.8. The monoisotopic (exact) mass is 468 g/mol. The quantitative estimate of drug-likeness (QED) is 0.148. The fourth-order valence-corrected chi connectivity index (χ4v) is 6.02. The summed E-state index contributed by atoms with van der Waals surface area (Å²) in [7, 11) is -1.51. The zero-order valence-corrected chi connectivity index (χ0v) is 17.7. The summed E-state index contributed by atoms with van der Waals surface area (Å²) in [5.74, 6) is -10.0. The molecular weight excluding hydrogens is 454 g/mol. The Labute approximate surface area is 186 Å². The molecule has 5 aromatic rings. The van der Waals surface area contributed by atoms with Gasteiger partial charge in [-0.25, -0.2) is 26.9 Å². The van der Waals surface area contributed by atoms with Crippen LogP contribution in [0.2, 0.25) is 0 Å². The van der Waals surface area contributed by atoms with Crippen LogP contribution in [-0.2, 0) is 0 Å². The van der Waals surface area contributed by atoms with Gasteiger partial charge in [0, 0.05) is 7.92 Å². The summed E-state index contributed by atoms with van der Waals surface area (Å²) in [6, 6.07) is 24.8. The summed E-state index contributed by atoms with van der Waals surface area (Å²) in [5.41, 5.74) is -0.257. The van der Waals surface area contributed by atoms with Crippen molar-refractivity contribution in [1.82, 2.24) is 9.55 Å². The van der Waals surface area contributed by atoms with Crippen molar-refractivity contribution < 1.29 is 22.0 Å². The third-order valence-electron chi connectivity index (χ3n) is 5.18. The lowest BCUT2D eigenvalue weighted by Crippen LogP contribution is -2.28. The van der Waals surface area contributed by atoms with Crippen LogP contribution in [0.4, 0.5) is 22.0 Å². The van der Waals surface area contributed by atoms with Crippen LogP contribution in [0.5, 0.6) is 0 Å². The lowest BCUT2D eigenvalue weighted by molar-refractivity contribution is 0.376. The van der Waals surface area contributed by atoms with Gasteiger partial charge < -0.3 is 0 Å². The molecule has 0 radical (unpaired) electrons. The normalized spacial score (nSPS) is 11.5. The van der Waals surface area contributed by atoms with E-state index in [1.807, 2.05) is 60.7 Å². The first kappa shape index (κ1) is 21.3. The molecule has 0 spiro atoms. The number of aromatic nitrogens is 2. The Bertz CT molecular complexity index is 1400. The Morgan fingerprint density at radius 3 is 1.55 bits per heavy atom. The lowest BCUT2D eigenvalue weighted by atomic mass is 10.2. The Kier molecular flexibility index (Phi) is 5.43. The predicted octanol–water partition coefficient (Wildman–Crippen LogP) is 5.48. The van der Waals surface area contributed by atoms with Gasteiger partial charge in [-0.1, -0.05) is 72.8 Å². The van der Waals surface area contributed by atoms with E-state index in [2.05, 4.69) is 4.98 Å². The first-order valence-corrected chi connectivity index (χ1v) is 11.2. The molecule has 0 amide bonds. The predicted molar refractivity (Wildman–Crippen MR) is 120 cm³/mol. The molecule has 0 aliphatic carbocycles. The SMILES string of the molecule is Fc1c(F)c(F)c(-n2c(P(c3ccccc3)c3ccccc3)nc3ccccc32)c(F)c1F. The molecule has 0 N–H and O–H groups in total. The van der Waals surface area contributed by atoms with Crippen molar-refractivity contribution in [2.45, 2.75) is 0 Å². The van der Waals surface area contributed by atoms with Gasteiger partial charge in [-0.3, -0.25) is 4.57 Å². The number of nitrogens with zero attached hydrogens (tertiary/aromatic N) is 2. The topological polar surface area (TPSA) is 17.8 Å². The van der Waals surface area contributed by atoms with Gasteiger partial charge >= 0.3 is 0 Å². The molecule has 164 valence electrons. The minimum absolute atomic E-state index is 0.187. The maximum atomic E-state index is 15.0. The molecule has 0 saturated carbocycles. The second kappa shape index (κ2) is 8.41. The summed E-state index contributed by atoms with van der Waals surface area (Å²) in [5, 5.41) is 1.61. The lowest BCUT2D eigenvalue weighted by Gasteiger charge is -2.21. The third kappa shape index (κ3) is 3.49. The fraction of sp³-hybridized carbons (Fsp3) is 0. The molecule has 0 aliphatic heterocycles. The van der Waals surface area contributed by atoms with E-state index in [0.29, 0.717) is 5.52 Å². The van der Waals surface area contributed by atoms with Gasteiger partial charge in [0.1, 0.15) is 11.3 Å². The Morgan fingerprint density at radius 2 is 1.00 bits per heavy atom. The number of imidazole rings is 1. The number of hydrogen-bond donors (Lipinski definition) is 0. The van der Waals surface area contributed by atoms with Crippen molar-refractivity contribution in [1.29, 1.82) is 0 Å². The standard InChI is InChI=1S/C25H14F5N2P/c26-19-20(27)22(29)24(23(30)21(19)28)32-18-14-8-7-13-17(18)31-25(32)33(15-9-3-1-4-10-15)16-11-5-2-6-12-16/h1-14H. The minimum atomic E-state index is -2.20. The van der Waals surface area contributed by atoms with Gasteiger partial charge in [-0.05, 0) is 22.7 Å². The molecule has 0 aliphatic rings. The van der Waals surface area contributed by atoms with Crippen molar-refractivity contribution in [2.24, 2.45) is 0 Å². The highest BCUT2D eigenvalue weighted by atomic mass is 31.1. The highest BCUT2D eigenvalue weighted by Gasteiger charge is 2.32. The highest BCUT2D eigenvalue weighted by molar-refractivity contribution is 7.79. The number of para-hydroxylation sites is 2. The Hall–Kier alpha value is -3.57. The molecule has 33 heavy (non-hydrogen) atoms. The average molecular weight is 468 g/mol. The molecule has 0 bridgehead atoms. The molecule has 0 unspecified atom stereocenters. The number of halogens is 5. The Balaban J connectivity index is 1.91. The van der Waals surface area contributed by atoms with Crippen LogP contribution in [0.3, 0.4) is 0 Å². The molecule has 1 heterocycles. The molecule has 0 fully saturated rings. The summed E-state index contributed by atoms with van der Waals surface area (Å²) in [6.45, 7) is 0. The summed E-state index contributed by atoms with van der Waals surface area (Å²) in [4.78, 5) is 4.63. The maximum Gasteiger partial charge on any atom is 0.200 e. The first-order valence-electron chi connectivity index (χ1n) is 9.88. The van der Waals surface area contributed by atoms with Crippen LogP contribution < -0.4 is 16.2 Å². The summed E-state index contributed by atoms with van der Waals surface area (Å²) < 4.78 is 73.2. The molecule has 4 aromatic carbocycles. The summed E-state index contributed by atoms with van der Waals surface area (Å²) >= 11 is 0. The minimum Gasteiger partial charge on any atom is -0.286 e. The molecule has 2 nitrogen and oxygen atoms in total. The van der Waals surface area contributed by atoms with E-state index in [9.17, 15) is 22.0 Å². The van der Waals surface area contributed by atoms with E-state index < -0.39 is 42.7 Å². The third-order valence-corrected chi connectivity index (χ3v) is 7.51. The van der Waals surface area contributed by atoms with Crippen LogP contribution in [-0.4, -0.2) is 9.55 Å². The van der Waals surface area contributed by atoms with Crippen LogP contribution in [0.25, 0.3) is 16.7 Å². The maximum absolute atomic E-state index is 15.0. The van der Waals surface area contributed by atoms with E-state index in [-0.39, 0.29) is 11.1 Å². The summed E-state index contributed by atoms with van der Waals surface area (Å²) in [6.07, 6.45) is 0. The highest BCUT2D eigenvalue weighted by Crippen LogP contribution is 2.37. The first-order chi connectivity index (χ1) is 16.0. The molecule has 5 rings (SSSR count). The fourth-order valence-electron chi connectivity index (χ4n) is 3.71. The van der Waals surface area contributed by atoms with Crippen molar-refractivity contribution in [3.8, 4) is 5.69 Å². The van der Waals surface area contributed by atoms with Gasteiger partial charge in [0.2, 0.25) is 5.82 Å². The van der Waals surface area contributed by atoms with Crippen molar-refractivity contribution >= 4 is 35.1 Å². The van der Waals surface area contributed by atoms with E-state index in [4.69, 9.17) is 0 Å². The number of fused-ring (bicyclic) bond motifs is 1. The second-order valence-electron chi connectivity index (χ2n) is 7.16. The number of rotatable bonds is 4. The largest absolute Gasteiger partial charge is 0.286 e. The van der Waals surface area contributed by atoms with Gasteiger partial charge in [-0.15, -0.1) is 0 Å². The molecule has 8 heteroatoms. The molecule has 0 atom stereocenters. The smallest absolute Gasteiger partial charge is 0.200 e. The van der Waals surface area contributed by atoms with Crippen LogP contribution in [0, 0.1) is 29.1 Å². The van der Waals surface area contributed by atoms with Crippen LogP contribution in [0.15, 0.2) is 84.9 Å². The van der Waals surface area contributed by atoms with Crippen LogP contribution >= 0.6 is 7.92 Å². The van der Waals surface area contributed by atoms with Gasteiger partial charge in [-0.2, -0.15) is 0 Å². The van der Waals surface area contributed by atoms with E-state index in [0.717, 1.165) is 15.2 Å². The van der Waals surface area contributed by atoms with E-state index in [1.54, 1.807) is 18.2 Å². The second-order valence-corrected chi connectivity index (χ2v) is 9.26. The van der Waals surface area contributed by atoms with Gasteiger partial charge in [0.15, 0.2) is 23.3 Å². The van der Waals surface area contributed by atoms with Crippen molar-refractivity contribution in [2.75, 3.05) is 0 Å². The zero-order chi connectivity index (χ0) is 23.1. The Morgan fingerprint density at radius 1 is 0.545 bits per heavy atom. The molecular formula is C25H14F5N2P. The number of hydrogen-bond acceptors (Lipinski definition) is 1. The van der Waals surface area contributed by atoms with E-state index >= 15 is 0 Å². The molecule has 1 aromatic heterocycles. The van der Waals surface area contributed by atoms with Crippen molar-refractivity contribution in [3.63, 3.8) is 0 Å². The van der Waals surface area contributed by atoms with Crippen molar-refractivity contribution in [3.05, 3.63) is 114 Å². The average Bonchev–Trinajstić information content (AvgIpc) is 3.22. The van der Waals surface area contributed by atoms with Gasteiger partial charge in [0.25, 0.3) is 0 Å². The van der Waals surface area contributed by atoms with E-state index in [1.165, 1.54) is 6.07 Å². The number of benzene rings is 4. The van der Waals surface area contributed by atoms with Gasteiger partial charge in [0.05, 0.1) is 11.0 Å². The molecule has 0 saturated heterocycles.